The molecule has 3 unspecified atom stereocenters. The molecule has 0 rings (SSSR count). The summed E-state index contributed by atoms with van der Waals surface area (Å²) in [6, 6.07) is 0.103. The maximum Gasteiger partial charge on any atom is 0.314 e. The first kappa shape index (κ1) is 34.6. The fourth-order valence-electron chi connectivity index (χ4n) is 1.60. The first-order valence-corrected chi connectivity index (χ1v) is 12.6. The quantitative estimate of drug-likeness (QED) is 0.251. The van der Waals surface area contributed by atoms with E-state index >= 15 is 0 Å². The van der Waals surface area contributed by atoms with Crippen LogP contribution in [0.4, 0.5) is 4.79 Å². The highest BCUT2D eigenvalue weighted by molar-refractivity contribution is 7.98. The average molecular weight is 479 g/mol. The number of carbonyl (C=O) groups is 4. The topological polar surface area (TPSA) is 140 Å². The van der Waals surface area contributed by atoms with Gasteiger partial charge >= 0.3 is 12.0 Å². The second kappa shape index (κ2) is 23.7. The Morgan fingerprint density at radius 3 is 1.78 bits per heavy atom. The Morgan fingerprint density at radius 1 is 0.906 bits per heavy atom. The lowest BCUT2D eigenvalue weighted by atomic mass is 10.1. The molecule has 0 spiro atoms. The molecule has 32 heavy (non-hydrogen) atoms. The van der Waals surface area contributed by atoms with Gasteiger partial charge in [0.05, 0.1) is 12.5 Å². The second-order valence-corrected chi connectivity index (χ2v) is 8.36. The summed E-state index contributed by atoms with van der Waals surface area (Å²) in [6.45, 7) is 14.3. The normalized spacial score (nSPS) is 12.4. The number of urea groups is 1. The minimum absolute atomic E-state index is 0.0417. The van der Waals surface area contributed by atoms with Gasteiger partial charge in [-0.25, -0.2) is 4.79 Å². The van der Waals surface area contributed by atoms with E-state index in [1.807, 2.05) is 47.8 Å². The van der Waals surface area contributed by atoms with Gasteiger partial charge in [0.1, 0.15) is 6.61 Å². The summed E-state index contributed by atoms with van der Waals surface area (Å²) in [4.78, 5) is 42.9. The zero-order valence-electron chi connectivity index (χ0n) is 21.2. The Bertz CT molecular complexity index is 521. The molecule has 0 saturated carbocycles. The van der Waals surface area contributed by atoms with Crippen molar-refractivity contribution in [2.75, 3.05) is 31.7 Å². The van der Waals surface area contributed by atoms with Crippen LogP contribution in [0, 0.1) is 11.8 Å². The summed E-state index contributed by atoms with van der Waals surface area (Å²) in [5.41, 5.74) is 4.91. The first-order valence-electron chi connectivity index (χ1n) is 11.2. The summed E-state index contributed by atoms with van der Waals surface area (Å²) in [7, 11) is 0. The van der Waals surface area contributed by atoms with Crippen LogP contribution in [0.5, 0.6) is 0 Å². The van der Waals surface area contributed by atoms with Crippen molar-refractivity contribution in [1.29, 1.82) is 0 Å². The smallest absolute Gasteiger partial charge is 0.314 e. The monoisotopic (exact) mass is 478 g/mol. The standard InChI is InChI=1S/C11H22N2O3S.C6H13NO.C5H11NO/c1-4-9(2)10(14)16-7-5-12-11(15)13-6-8-17-3;1-4-5(2)7-6(3)8;1-3-4(2)5(6)7/h9H,4-8H2,1-3H3,(H2,12,13,15);5H,4H2,1-3H3,(H,7,8);4H,3H2,1-2H3,(H2,6,7). The molecule has 0 aromatic rings. The fourth-order valence-corrected chi connectivity index (χ4v) is 1.91. The van der Waals surface area contributed by atoms with Crippen LogP contribution in [-0.4, -0.2) is 61.6 Å². The molecule has 0 bridgehead atoms. The van der Waals surface area contributed by atoms with Crippen molar-refractivity contribution < 1.29 is 23.9 Å². The third-order valence-electron chi connectivity index (χ3n) is 4.40. The highest BCUT2D eigenvalue weighted by Crippen LogP contribution is 2.02. The van der Waals surface area contributed by atoms with E-state index in [4.69, 9.17) is 10.5 Å². The molecule has 190 valence electrons. The number of carbonyl (C=O) groups excluding carboxylic acids is 4. The third kappa shape index (κ3) is 26.1. The molecule has 0 radical (unpaired) electrons. The van der Waals surface area contributed by atoms with Crippen molar-refractivity contribution in [3.63, 3.8) is 0 Å². The van der Waals surface area contributed by atoms with Crippen molar-refractivity contribution in [3.8, 4) is 0 Å². The number of hydrogen-bond donors (Lipinski definition) is 4. The van der Waals surface area contributed by atoms with E-state index in [0.29, 0.717) is 19.1 Å². The maximum atomic E-state index is 11.3. The van der Waals surface area contributed by atoms with Gasteiger partial charge in [-0.3, -0.25) is 14.4 Å². The Morgan fingerprint density at radius 2 is 1.44 bits per heavy atom. The molecule has 0 fully saturated rings. The molecule has 10 heteroatoms. The van der Waals surface area contributed by atoms with E-state index in [1.54, 1.807) is 11.8 Å². The number of thioether (sulfide) groups is 1. The number of amides is 4. The largest absolute Gasteiger partial charge is 0.464 e. The van der Waals surface area contributed by atoms with Crippen LogP contribution in [0.15, 0.2) is 0 Å². The minimum Gasteiger partial charge on any atom is -0.464 e. The van der Waals surface area contributed by atoms with Crippen LogP contribution in [0.1, 0.15) is 67.7 Å². The molecule has 3 atom stereocenters. The lowest BCUT2D eigenvalue weighted by Gasteiger charge is -2.10. The SMILES string of the molecule is CCC(C)C(=O)OCCNC(=O)NCCSC.CCC(C)C(N)=O.CCC(C)NC(C)=O. The molecule has 0 aromatic heterocycles. The summed E-state index contributed by atoms with van der Waals surface area (Å²) in [5.74, 6) is 0.487. The predicted molar refractivity (Wildman–Crippen MR) is 132 cm³/mol. The highest BCUT2D eigenvalue weighted by atomic mass is 32.2. The number of nitrogens with two attached hydrogens (primary N) is 1. The minimum atomic E-state index is -0.223. The molecule has 0 aromatic carbocycles. The molecule has 0 aliphatic carbocycles. The van der Waals surface area contributed by atoms with Gasteiger partial charge in [0.2, 0.25) is 11.8 Å². The van der Waals surface area contributed by atoms with Gasteiger partial charge in [0.15, 0.2) is 0 Å². The van der Waals surface area contributed by atoms with Gasteiger partial charge < -0.3 is 26.4 Å². The summed E-state index contributed by atoms with van der Waals surface area (Å²) < 4.78 is 4.99. The Labute approximate surface area is 198 Å². The average Bonchev–Trinajstić information content (AvgIpc) is 2.75. The lowest BCUT2D eigenvalue weighted by Crippen LogP contribution is -2.38. The third-order valence-corrected chi connectivity index (χ3v) is 5.01. The van der Waals surface area contributed by atoms with E-state index in [0.717, 1.165) is 25.0 Å². The van der Waals surface area contributed by atoms with Crippen molar-refractivity contribution in [3.05, 3.63) is 0 Å². The molecule has 0 saturated heterocycles. The molecule has 9 nitrogen and oxygen atoms in total. The molecular formula is C22H46N4O5S. The number of hydrogen-bond acceptors (Lipinski definition) is 6. The molecule has 0 aliphatic rings. The highest BCUT2D eigenvalue weighted by Gasteiger charge is 2.11. The zero-order chi connectivity index (χ0) is 25.5. The molecule has 0 aliphatic heterocycles. The van der Waals surface area contributed by atoms with Gasteiger partial charge in [-0.2, -0.15) is 11.8 Å². The van der Waals surface area contributed by atoms with Crippen molar-refractivity contribution >= 4 is 35.6 Å². The van der Waals surface area contributed by atoms with Gasteiger partial charge in [0.25, 0.3) is 0 Å². The molecule has 4 amide bonds. The van der Waals surface area contributed by atoms with Gasteiger partial charge in [0, 0.05) is 31.2 Å². The van der Waals surface area contributed by atoms with Gasteiger partial charge in [-0.05, 0) is 32.4 Å². The van der Waals surface area contributed by atoms with E-state index in [2.05, 4.69) is 16.0 Å². The molecule has 5 N–H and O–H groups in total. The van der Waals surface area contributed by atoms with Crippen LogP contribution < -0.4 is 21.7 Å². The number of rotatable bonds is 12. The number of esters is 1. The number of ether oxygens (including phenoxy) is 1. The van der Waals surface area contributed by atoms with Crippen molar-refractivity contribution in [2.45, 2.75) is 73.8 Å². The van der Waals surface area contributed by atoms with E-state index in [-0.39, 0.29) is 42.3 Å². The van der Waals surface area contributed by atoms with Gasteiger partial charge in [-0.15, -0.1) is 0 Å². The summed E-state index contributed by atoms with van der Waals surface area (Å²) in [6.07, 6.45) is 4.59. The lowest BCUT2D eigenvalue weighted by molar-refractivity contribution is -0.147. The van der Waals surface area contributed by atoms with E-state index < -0.39 is 0 Å². The Kier molecular flexibility index (Phi) is 25.6. The van der Waals surface area contributed by atoms with E-state index in [9.17, 15) is 19.2 Å². The number of nitrogens with one attached hydrogen (secondary N) is 3. The zero-order valence-corrected chi connectivity index (χ0v) is 22.0. The summed E-state index contributed by atoms with van der Waals surface area (Å²) in [5, 5.41) is 8.07. The van der Waals surface area contributed by atoms with Crippen LogP contribution in [0.25, 0.3) is 0 Å². The Balaban J connectivity index is -0.000000464. The Hall–Kier alpha value is -1.97. The summed E-state index contributed by atoms with van der Waals surface area (Å²) >= 11 is 1.67. The van der Waals surface area contributed by atoms with Gasteiger partial charge in [-0.1, -0.05) is 34.6 Å². The van der Waals surface area contributed by atoms with Crippen LogP contribution in [0.2, 0.25) is 0 Å². The molecule has 0 heterocycles. The van der Waals surface area contributed by atoms with Crippen molar-refractivity contribution in [1.82, 2.24) is 16.0 Å². The predicted octanol–water partition coefficient (Wildman–Crippen LogP) is 2.68. The van der Waals surface area contributed by atoms with Crippen molar-refractivity contribution in [2.24, 2.45) is 17.6 Å². The van der Waals surface area contributed by atoms with Crippen LogP contribution >= 0.6 is 11.8 Å². The maximum absolute atomic E-state index is 11.3. The second-order valence-electron chi connectivity index (χ2n) is 7.37. The fraction of sp³-hybridized carbons (Fsp3) is 0.818. The van der Waals surface area contributed by atoms with E-state index in [1.165, 1.54) is 6.92 Å². The van der Waals surface area contributed by atoms with Crippen LogP contribution in [-0.2, 0) is 19.1 Å². The molecular weight excluding hydrogens is 432 g/mol. The first-order chi connectivity index (χ1) is 15.0. The van der Waals surface area contributed by atoms with Crippen LogP contribution in [0.3, 0.4) is 0 Å². The number of primary amides is 1.